The number of hydrogen-bond acceptors (Lipinski definition) is 3. The highest BCUT2D eigenvalue weighted by atomic mass is 19.4. The highest BCUT2D eigenvalue weighted by molar-refractivity contribution is 5.77. The molecule has 26 heavy (non-hydrogen) atoms. The zero-order valence-corrected chi connectivity index (χ0v) is 13.5. The van der Waals surface area contributed by atoms with Crippen LogP contribution in [0.5, 0.6) is 0 Å². The summed E-state index contributed by atoms with van der Waals surface area (Å²) in [6, 6.07) is 8.09. The molecule has 0 unspecified atom stereocenters. The maximum Gasteiger partial charge on any atom is 0.389 e. The summed E-state index contributed by atoms with van der Waals surface area (Å²) in [6.45, 7) is 0.242. The molecule has 2 heterocycles. The number of benzene rings is 1. The van der Waals surface area contributed by atoms with E-state index in [-0.39, 0.29) is 13.1 Å². The molecule has 0 N–H and O–H groups in total. The van der Waals surface area contributed by atoms with Gasteiger partial charge in [-0.3, -0.25) is 9.59 Å². The van der Waals surface area contributed by atoms with E-state index in [1.807, 2.05) is 0 Å². The third kappa shape index (κ3) is 4.09. The fraction of sp³-hybridized carbons (Fsp3) is 0.353. The van der Waals surface area contributed by atoms with Crippen LogP contribution in [0.3, 0.4) is 0 Å². The predicted octanol–water partition coefficient (Wildman–Crippen LogP) is 2.78. The molecule has 5 nitrogen and oxygen atoms in total. The molecular weight excluding hydrogens is 354 g/mol. The monoisotopic (exact) mass is 369 g/mol. The van der Waals surface area contributed by atoms with Gasteiger partial charge in [0.1, 0.15) is 5.82 Å². The first-order valence-corrected chi connectivity index (χ1v) is 7.93. The van der Waals surface area contributed by atoms with Crippen LogP contribution in [-0.4, -0.2) is 39.9 Å². The molecule has 0 spiro atoms. The van der Waals surface area contributed by atoms with Crippen LogP contribution in [0, 0.1) is 5.82 Å². The van der Waals surface area contributed by atoms with Gasteiger partial charge in [0, 0.05) is 31.1 Å². The zero-order chi connectivity index (χ0) is 18.9. The van der Waals surface area contributed by atoms with Crippen LogP contribution < -0.4 is 5.56 Å². The van der Waals surface area contributed by atoms with Gasteiger partial charge in [0.05, 0.1) is 18.2 Å². The number of carbonyl (C=O) groups is 1. The molecule has 1 aromatic carbocycles. The van der Waals surface area contributed by atoms with Crippen molar-refractivity contribution in [3.8, 4) is 11.3 Å². The number of hydrogen-bond donors (Lipinski definition) is 0. The van der Waals surface area contributed by atoms with Crippen molar-refractivity contribution in [3.05, 3.63) is 52.6 Å². The molecule has 138 valence electrons. The Balaban J connectivity index is 1.69. The van der Waals surface area contributed by atoms with Crippen molar-refractivity contribution >= 4 is 5.91 Å². The normalized spacial score (nSPS) is 15.0. The van der Waals surface area contributed by atoms with Gasteiger partial charge in [-0.15, -0.1) is 0 Å². The standard InChI is InChI=1S/C17H15F4N3O2/c18-12-3-1-2-11(8-12)14-4-5-16(26)24(22-14)13-9-23(10-13)15(25)6-7-17(19,20)21/h1-5,8,13H,6-7,9-10H2. The van der Waals surface area contributed by atoms with Crippen LogP contribution in [0.25, 0.3) is 11.3 Å². The number of likely N-dealkylation sites (tertiary alicyclic amines) is 1. The molecule has 1 aromatic heterocycles. The summed E-state index contributed by atoms with van der Waals surface area (Å²) in [5, 5.41) is 4.20. The van der Waals surface area contributed by atoms with Crippen molar-refractivity contribution in [2.24, 2.45) is 0 Å². The quantitative estimate of drug-likeness (QED) is 0.779. The fourth-order valence-corrected chi connectivity index (χ4v) is 2.71. The summed E-state index contributed by atoms with van der Waals surface area (Å²) in [7, 11) is 0. The number of amides is 1. The molecule has 0 saturated carbocycles. The van der Waals surface area contributed by atoms with Crippen molar-refractivity contribution in [1.82, 2.24) is 14.7 Å². The molecule has 0 radical (unpaired) electrons. The van der Waals surface area contributed by atoms with E-state index in [1.165, 1.54) is 39.9 Å². The Labute approximate surface area is 145 Å². The fourth-order valence-electron chi connectivity index (χ4n) is 2.71. The van der Waals surface area contributed by atoms with Crippen LogP contribution in [0.2, 0.25) is 0 Å². The van der Waals surface area contributed by atoms with Crippen molar-refractivity contribution < 1.29 is 22.4 Å². The molecule has 1 amide bonds. The predicted molar refractivity (Wildman–Crippen MR) is 84.8 cm³/mol. The highest BCUT2D eigenvalue weighted by Crippen LogP contribution is 2.25. The summed E-state index contributed by atoms with van der Waals surface area (Å²) < 4.78 is 51.1. The van der Waals surface area contributed by atoms with Gasteiger partial charge in [-0.25, -0.2) is 9.07 Å². The Morgan fingerprint density at radius 3 is 2.58 bits per heavy atom. The largest absolute Gasteiger partial charge is 0.389 e. The molecular formula is C17H15F4N3O2. The van der Waals surface area contributed by atoms with Gasteiger partial charge in [-0.05, 0) is 18.2 Å². The average Bonchev–Trinajstić information content (AvgIpc) is 2.52. The number of halogens is 4. The van der Waals surface area contributed by atoms with Crippen LogP contribution in [0.4, 0.5) is 17.6 Å². The molecule has 2 aromatic rings. The number of rotatable bonds is 4. The lowest BCUT2D eigenvalue weighted by Crippen LogP contribution is -2.53. The van der Waals surface area contributed by atoms with Crippen molar-refractivity contribution in [3.63, 3.8) is 0 Å². The van der Waals surface area contributed by atoms with E-state index in [2.05, 4.69) is 5.10 Å². The number of carbonyl (C=O) groups excluding carboxylic acids is 1. The molecule has 1 aliphatic heterocycles. The van der Waals surface area contributed by atoms with Gasteiger partial charge in [-0.1, -0.05) is 12.1 Å². The van der Waals surface area contributed by atoms with Gasteiger partial charge in [-0.2, -0.15) is 18.3 Å². The van der Waals surface area contributed by atoms with E-state index in [0.29, 0.717) is 11.3 Å². The summed E-state index contributed by atoms with van der Waals surface area (Å²) in [6.07, 6.45) is -6.15. The minimum atomic E-state index is -4.38. The molecule has 1 aliphatic rings. The topological polar surface area (TPSA) is 55.2 Å². The van der Waals surface area contributed by atoms with Gasteiger partial charge < -0.3 is 4.90 Å². The van der Waals surface area contributed by atoms with Crippen LogP contribution >= 0.6 is 0 Å². The maximum absolute atomic E-state index is 13.3. The molecule has 9 heteroatoms. The first kappa shape index (κ1) is 18.1. The Kier molecular flexibility index (Phi) is 4.80. The van der Waals surface area contributed by atoms with Gasteiger partial charge >= 0.3 is 6.18 Å². The second kappa shape index (κ2) is 6.89. The summed E-state index contributed by atoms with van der Waals surface area (Å²) in [5.41, 5.74) is 0.500. The lowest BCUT2D eigenvalue weighted by atomic mass is 10.1. The Bertz CT molecular complexity index is 873. The van der Waals surface area contributed by atoms with E-state index in [0.717, 1.165) is 0 Å². The smallest absolute Gasteiger partial charge is 0.338 e. The zero-order valence-electron chi connectivity index (χ0n) is 13.5. The summed E-state index contributed by atoms with van der Waals surface area (Å²) >= 11 is 0. The lowest BCUT2D eigenvalue weighted by Gasteiger charge is -2.39. The van der Waals surface area contributed by atoms with E-state index < -0.39 is 42.3 Å². The van der Waals surface area contributed by atoms with Gasteiger partial charge in [0.15, 0.2) is 0 Å². The number of nitrogens with zero attached hydrogens (tertiary/aromatic N) is 3. The van der Waals surface area contributed by atoms with Gasteiger partial charge in [0.25, 0.3) is 5.56 Å². The SMILES string of the molecule is O=C(CCC(F)(F)F)N1CC(n2nc(-c3cccc(F)c3)ccc2=O)C1. The van der Waals surface area contributed by atoms with Crippen LogP contribution in [0.1, 0.15) is 18.9 Å². The molecule has 0 bridgehead atoms. The minimum absolute atomic E-state index is 0.121. The second-order valence-electron chi connectivity index (χ2n) is 6.08. The third-order valence-electron chi connectivity index (χ3n) is 4.13. The number of aromatic nitrogens is 2. The Hall–Kier alpha value is -2.71. The van der Waals surface area contributed by atoms with E-state index in [4.69, 9.17) is 0 Å². The summed E-state index contributed by atoms with van der Waals surface area (Å²) in [5.74, 6) is -1.04. The van der Waals surface area contributed by atoms with E-state index >= 15 is 0 Å². The average molecular weight is 369 g/mol. The second-order valence-corrected chi connectivity index (χ2v) is 6.08. The van der Waals surface area contributed by atoms with Crippen LogP contribution in [-0.2, 0) is 4.79 Å². The minimum Gasteiger partial charge on any atom is -0.338 e. The Morgan fingerprint density at radius 1 is 1.19 bits per heavy atom. The van der Waals surface area contributed by atoms with Crippen molar-refractivity contribution in [2.45, 2.75) is 25.1 Å². The molecule has 0 aliphatic carbocycles. The summed E-state index contributed by atoms with van der Waals surface area (Å²) in [4.78, 5) is 25.0. The third-order valence-corrected chi connectivity index (χ3v) is 4.13. The highest BCUT2D eigenvalue weighted by Gasteiger charge is 2.35. The van der Waals surface area contributed by atoms with Crippen LogP contribution in [0.15, 0.2) is 41.2 Å². The Morgan fingerprint density at radius 2 is 1.92 bits per heavy atom. The molecule has 1 saturated heterocycles. The van der Waals surface area contributed by atoms with Gasteiger partial charge in [0.2, 0.25) is 5.91 Å². The maximum atomic E-state index is 13.3. The van der Waals surface area contributed by atoms with Crippen molar-refractivity contribution in [2.75, 3.05) is 13.1 Å². The first-order valence-electron chi connectivity index (χ1n) is 7.93. The molecule has 3 rings (SSSR count). The first-order chi connectivity index (χ1) is 12.2. The van der Waals surface area contributed by atoms with Crippen molar-refractivity contribution in [1.29, 1.82) is 0 Å². The molecule has 0 atom stereocenters. The van der Waals surface area contributed by atoms with E-state index in [9.17, 15) is 27.2 Å². The lowest BCUT2D eigenvalue weighted by molar-refractivity contribution is -0.152. The van der Waals surface area contributed by atoms with E-state index in [1.54, 1.807) is 6.07 Å². The number of alkyl halides is 3. The molecule has 1 fully saturated rings.